The molecule has 0 bridgehead atoms. The fraction of sp³-hybridized carbons (Fsp3) is 0.706. The van der Waals surface area contributed by atoms with Gasteiger partial charge in [-0.1, -0.05) is 13.3 Å². The number of aromatic nitrogens is 2. The van der Waals surface area contributed by atoms with E-state index in [4.69, 9.17) is 5.73 Å². The van der Waals surface area contributed by atoms with E-state index in [0.717, 1.165) is 49.7 Å². The summed E-state index contributed by atoms with van der Waals surface area (Å²) < 4.78 is 0. The van der Waals surface area contributed by atoms with Gasteiger partial charge in [-0.2, -0.15) is 0 Å². The lowest BCUT2D eigenvalue weighted by atomic mass is 9.95. The quantitative estimate of drug-likeness (QED) is 0.863. The SMILES string of the molecule is CCCC(C)(N)C(=O)NC1CCN(c2cc(C)nc(C)n2)CC1. The highest BCUT2D eigenvalue weighted by Gasteiger charge is 2.30. The number of aryl methyl sites for hydroxylation is 2. The topological polar surface area (TPSA) is 84.1 Å². The average molecular weight is 319 g/mol. The first-order chi connectivity index (χ1) is 10.8. The second kappa shape index (κ2) is 7.25. The summed E-state index contributed by atoms with van der Waals surface area (Å²) >= 11 is 0. The van der Waals surface area contributed by atoms with Crippen LogP contribution in [-0.4, -0.2) is 40.5 Å². The number of rotatable bonds is 5. The van der Waals surface area contributed by atoms with E-state index in [-0.39, 0.29) is 11.9 Å². The van der Waals surface area contributed by atoms with Crippen molar-refractivity contribution in [1.82, 2.24) is 15.3 Å². The van der Waals surface area contributed by atoms with Gasteiger partial charge in [0.1, 0.15) is 11.6 Å². The summed E-state index contributed by atoms with van der Waals surface area (Å²) in [5.74, 6) is 1.75. The number of piperidine rings is 1. The van der Waals surface area contributed by atoms with Crippen molar-refractivity contribution in [3.05, 3.63) is 17.6 Å². The number of nitrogens with two attached hydrogens (primary N) is 1. The highest BCUT2D eigenvalue weighted by Crippen LogP contribution is 2.19. The van der Waals surface area contributed by atoms with Crippen molar-refractivity contribution in [1.29, 1.82) is 0 Å². The molecule has 0 aromatic carbocycles. The number of amides is 1. The van der Waals surface area contributed by atoms with Crippen LogP contribution in [0.4, 0.5) is 5.82 Å². The van der Waals surface area contributed by atoms with Gasteiger partial charge in [-0.3, -0.25) is 4.79 Å². The molecule has 0 aliphatic carbocycles. The lowest BCUT2D eigenvalue weighted by Gasteiger charge is -2.35. The Hall–Kier alpha value is -1.69. The zero-order chi connectivity index (χ0) is 17.0. The van der Waals surface area contributed by atoms with Crippen molar-refractivity contribution in [2.24, 2.45) is 5.73 Å². The predicted molar refractivity (Wildman–Crippen MR) is 92.4 cm³/mol. The molecular formula is C17H29N5O. The summed E-state index contributed by atoms with van der Waals surface area (Å²) in [4.78, 5) is 23.4. The minimum atomic E-state index is -0.771. The first-order valence-electron chi connectivity index (χ1n) is 8.49. The van der Waals surface area contributed by atoms with Crippen molar-refractivity contribution >= 4 is 11.7 Å². The van der Waals surface area contributed by atoms with E-state index in [1.54, 1.807) is 0 Å². The van der Waals surface area contributed by atoms with E-state index < -0.39 is 5.54 Å². The van der Waals surface area contributed by atoms with Crippen LogP contribution >= 0.6 is 0 Å². The number of carbonyl (C=O) groups is 1. The largest absolute Gasteiger partial charge is 0.356 e. The number of hydrogen-bond acceptors (Lipinski definition) is 5. The van der Waals surface area contributed by atoms with Crippen molar-refractivity contribution in [2.75, 3.05) is 18.0 Å². The Morgan fingerprint density at radius 2 is 2.04 bits per heavy atom. The maximum atomic E-state index is 12.3. The number of nitrogens with one attached hydrogen (secondary N) is 1. The molecule has 1 unspecified atom stereocenters. The zero-order valence-corrected chi connectivity index (χ0v) is 14.7. The van der Waals surface area contributed by atoms with Gasteiger partial charge in [0.05, 0.1) is 5.54 Å². The molecule has 6 heteroatoms. The Labute approximate surface area is 138 Å². The normalized spacial score (nSPS) is 18.6. The third-order valence-electron chi connectivity index (χ3n) is 4.39. The molecule has 1 aliphatic heterocycles. The summed E-state index contributed by atoms with van der Waals surface area (Å²) in [5.41, 5.74) is 6.32. The molecule has 1 aliphatic rings. The Kier molecular flexibility index (Phi) is 5.57. The van der Waals surface area contributed by atoms with E-state index in [0.29, 0.717) is 6.42 Å². The first-order valence-corrected chi connectivity index (χ1v) is 8.49. The predicted octanol–water partition coefficient (Wildman–Crippen LogP) is 1.70. The Balaban J connectivity index is 1.90. The zero-order valence-electron chi connectivity index (χ0n) is 14.7. The molecule has 128 valence electrons. The molecule has 3 N–H and O–H groups in total. The standard InChI is InChI=1S/C17H29N5O/c1-5-8-17(4,18)16(23)21-14-6-9-22(10-7-14)15-11-12(2)19-13(3)20-15/h11,14H,5-10,18H2,1-4H3,(H,21,23). The third-order valence-corrected chi connectivity index (χ3v) is 4.39. The van der Waals surface area contributed by atoms with Crippen LogP contribution in [0.15, 0.2) is 6.07 Å². The van der Waals surface area contributed by atoms with Crippen LogP contribution in [-0.2, 0) is 4.79 Å². The molecule has 1 amide bonds. The van der Waals surface area contributed by atoms with Gasteiger partial charge in [-0.15, -0.1) is 0 Å². The summed E-state index contributed by atoms with van der Waals surface area (Å²) in [6.45, 7) is 9.53. The van der Waals surface area contributed by atoms with E-state index >= 15 is 0 Å². The lowest BCUT2D eigenvalue weighted by molar-refractivity contribution is -0.126. The van der Waals surface area contributed by atoms with Gasteiger partial charge in [-0.25, -0.2) is 9.97 Å². The lowest BCUT2D eigenvalue weighted by Crippen LogP contribution is -2.55. The van der Waals surface area contributed by atoms with Gasteiger partial charge in [0.25, 0.3) is 0 Å². The van der Waals surface area contributed by atoms with Crippen LogP contribution in [0.1, 0.15) is 51.0 Å². The van der Waals surface area contributed by atoms with Gasteiger partial charge in [0, 0.05) is 30.9 Å². The number of anilines is 1. The van der Waals surface area contributed by atoms with Gasteiger partial charge >= 0.3 is 0 Å². The van der Waals surface area contributed by atoms with E-state index in [1.807, 2.05) is 33.8 Å². The van der Waals surface area contributed by atoms with E-state index in [9.17, 15) is 4.79 Å². The molecule has 0 spiro atoms. The highest BCUT2D eigenvalue weighted by molar-refractivity contribution is 5.85. The Bertz CT molecular complexity index is 530. The average Bonchev–Trinajstić information content (AvgIpc) is 2.47. The van der Waals surface area contributed by atoms with Crippen LogP contribution < -0.4 is 16.0 Å². The van der Waals surface area contributed by atoms with Crippen LogP contribution in [0, 0.1) is 13.8 Å². The molecule has 6 nitrogen and oxygen atoms in total. The molecular weight excluding hydrogens is 290 g/mol. The summed E-state index contributed by atoms with van der Waals surface area (Å²) in [6.07, 6.45) is 3.44. The molecule has 0 radical (unpaired) electrons. The van der Waals surface area contributed by atoms with Crippen molar-refractivity contribution in [2.45, 2.75) is 65.0 Å². The van der Waals surface area contributed by atoms with Crippen LogP contribution in [0.5, 0.6) is 0 Å². The van der Waals surface area contributed by atoms with Gasteiger partial charge < -0.3 is 16.0 Å². The summed E-state index contributed by atoms with van der Waals surface area (Å²) in [6, 6.07) is 2.21. The first kappa shape index (κ1) is 17.7. The second-order valence-corrected chi connectivity index (χ2v) is 6.82. The van der Waals surface area contributed by atoms with Crippen LogP contribution in [0.25, 0.3) is 0 Å². The number of nitrogens with zero attached hydrogens (tertiary/aromatic N) is 3. The second-order valence-electron chi connectivity index (χ2n) is 6.82. The molecule has 0 saturated carbocycles. The molecule has 1 aromatic heterocycles. The van der Waals surface area contributed by atoms with Gasteiger partial charge in [-0.05, 0) is 40.0 Å². The van der Waals surface area contributed by atoms with Gasteiger partial charge in [0.15, 0.2) is 0 Å². The minimum Gasteiger partial charge on any atom is -0.356 e. The Morgan fingerprint density at radius 1 is 1.39 bits per heavy atom. The third kappa shape index (κ3) is 4.64. The number of carbonyl (C=O) groups excluding carboxylic acids is 1. The fourth-order valence-corrected chi connectivity index (χ4v) is 3.10. The Morgan fingerprint density at radius 3 is 2.61 bits per heavy atom. The smallest absolute Gasteiger partial charge is 0.240 e. The van der Waals surface area contributed by atoms with E-state index in [2.05, 4.69) is 20.2 Å². The molecule has 1 atom stereocenters. The maximum Gasteiger partial charge on any atom is 0.240 e. The summed E-state index contributed by atoms with van der Waals surface area (Å²) in [7, 11) is 0. The van der Waals surface area contributed by atoms with Crippen LogP contribution in [0.2, 0.25) is 0 Å². The molecule has 2 heterocycles. The van der Waals surface area contributed by atoms with Crippen molar-refractivity contribution in [3.8, 4) is 0 Å². The van der Waals surface area contributed by atoms with Gasteiger partial charge in [0.2, 0.25) is 5.91 Å². The molecule has 2 rings (SSSR count). The van der Waals surface area contributed by atoms with Crippen LogP contribution in [0.3, 0.4) is 0 Å². The van der Waals surface area contributed by atoms with Crippen molar-refractivity contribution < 1.29 is 4.79 Å². The molecule has 23 heavy (non-hydrogen) atoms. The van der Waals surface area contributed by atoms with E-state index in [1.165, 1.54) is 0 Å². The monoisotopic (exact) mass is 319 g/mol. The minimum absolute atomic E-state index is 0.0356. The molecule has 1 aromatic rings. The fourth-order valence-electron chi connectivity index (χ4n) is 3.10. The van der Waals surface area contributed by atoms with Crippen molar-refractivity contribution in [3.63, 3.8) is 0 Å². The summed E-state index contributed by atoms with van der Waals surface area (Å²) in [5, 5.41) is 3.12. The molecule has 1 fully saturated rings. The number of hydrogen-bond donors (Lipinski definition) is 2. The molecule has 1 saturated heterocycles. The maximum absolute atomic E-state index is 12.3. The highest BCUT2D eigenvalue weighted by atomic mass is 16.2.